The first-order valence-electron chi connectivity index (χ1n) is 11.0. The normalized spacial score (nSPS) is 18.1. The minimum absolute atomic E-state index is 0.179. The van der Waals surface area contributed by atoms with Crippen LogP contribution < -0.4 is 5.56 Å². The van der Waals surface area contributed by atoms with Gasteiger partial charge in [0.1, 0.15) is 12.0 Å². The zero-order valence-corrected chi connectivity index (χ0v) is 17.6. The van der Waals surface area contributed by atoms with E-state index in [-0.39, 0.29) is 22.9 Å². The third-order valence-corrected chi connectivity index (χ3v) is 6.38. The summed E-state index contributed by atoms with van der Waals surface area (Å²) < 4.78 is 14.6. The number of amides is 1. The predicted octanol–water partition coefficient (Wildman–Crippen LogP) is 2.20. The number of nitrogens with zero attached hydrogens (tertiary/aromatic N) is 3. The van der Waals surface area contributed by atoms with E-state index >= 15 is 0 Å². The quantitative estimate of drug-likeness (QED) is 0.640. The molecule has 1 saturated heterocycles. The monoisotopic (exact) mass is 436 g/mol. The molecule has 1 aliphatic heterocycles. The van der Waals surface area contributed by atoms with Crippen molar-refractivity contribution >= 4 is 16.7 Å². The second-order valence-corrected chi connectivity index (χ2v) is 8.59. The number of piperazine rings is 1. The van der Waals surface area contributed by atoms with Gasteiger partial charge in [0, 0.05) is 49.5 Å². The Kier molecular flexibility index (Phi) is 5.48. The summed E-state index contributed by atoms with van der Waals surface area (Å²) in [5.74, 6) is -0.0943. The third kappa shape index (κ3) is 4.03. The lowest BCUT2D eigenvalue weighted by Crippen LogP contribution is -2.50. The lowest BCUT2D eigenvalue weighted by Gasteiger charge is -2.37. The average molecular weight is 436 g/mol. The van der Waals surface area contributed by atoms with Crippen LogP contribution in [0.4, 0.5) is 4.39 Å². The standard InChI is InChI=1S/C24H25FN4O3/c25-20-8-5-15(14-21-17-3-1-2-4-18(17)22(30)27-26-21)13-19(20)24(32)29-11-9-28(10-12-29)23(31)16-6-7-16/h1-5,8,13,16,24,32H,6-7,9-12,14H2,(H,27,30). The Balaban J connectivity index is 1.34. The summed E-state index contributed by atoms with van der Waals surface area (Å²) in [5, 5.41) is 18.9. The highest BCUT2D eigenvalue weighted by atomic mass is 19.1. The highest BCUT2D eigenvalue weighted by Gasteiger charge is 2.35. The molecule has 0 spiro atoms. The van der Waals surface area contributed by atoms with E-state index in [2.05, 4.69) is 10.2 Å². The Morgan fingerprint density at radius 3 is 2.56 bits per heavy atom. The number of aliphatic hydroxyl groups is 1. The molecule has 32 heavy (non-hydrogen) atoms. The van der Waals surface area contributed by atoms with Gasteiger partial charge in [-0.2, -0.15) is 5.10 Å². The number of carbonyl (C=O) groups is 1. The number of aromatic nitrogens is 2. The first-order valence-corrected chi connectivity index (χ1v) is 11.0. The number of rotatable bonds is 5. The van der Waals surface area contributed by atoms with Crippen molar-refractivity contribution in [2.24, 2.45) is 5.92 Å². The van der Waals surface area contributed by atoms with Crippen LogP contribution in [0.3, 0.4) is 0 Å². The van der Waals surface area contributed by atoms with E-state index in [1.165, 1.54) is 6.07 Å². The zero-order valence-electron chi connectivity index (χ0n) is 17.6. The molecule has 0 radical (unpaired) electrons. The van der Waals surface area contributed by atoms with Gasteiger partial charge in [0.05, 0.1) is 11.1 Å². The Hall–Kier alpha value is -3.10. The molecule has 0 bridgehead atoms. The molecule has 1 unspecified atom stereocenters. The van der Waals surface area contributed by atoms with Gasteiger partial charge in [0.2, 0.25) is 5.91 Å². The van der Waals surface area contributed by atoms with Crippen LogP contribution in [0.1, 0.15) is 35.9 Å². The number of hydrogen-bond donors (Lipinski definition) is 2. The summed E-state index contributed by atoms with van der Waals surface area (Å²) in [5.41, 5.74) is 1.42. The van der Waals surface area contributed by atoms with Crippen molar-refractivity contribution in [3.05, 3.63) is 75.5 Å². The summed E-state index contributed by atoms with van der Waals surface area (Å²) in [6.45, 7) is 2.08. The molecular formula is C24H25FN4O3. The minimum atomic E-state index is -1.09. The molecule has 2 aliphatic rings. The molecular weight excluding hydrogens is 411 g/mol. The van der Waals surface area contributed by atoms with Crippen molar-refractivity contribution in [2.45, 2.75) is 25.5 Å². The van der Waals surface area contributed by atoms with E-state index in [4.69, 9.17) is 0 Å². The van der Waals surface area contributed by atoms with Crippen molar-refractivity contribution in [1.29, 1.82) is 0 Å². The van der Waals surface area contributed by atoms with Crippen molar-refractivity contribution in [3.8, 4) is 0 Å². The number of halogens is 1. The fourth-order valence-electron chi connectivity index (χ4n) is 4.37. The summed E-state index contributed by atoms with van der Waals surface area (Å²) in [6.07, 6.45) is 1.24. The van der Waals surface area contributed by atoms with Gasteiger partial charge in [-0.25, -0.2) is 9.49 Å². The highest BCUT2D eigenvalue weighted by molar-refractivity contribution is 5.83. The first-order chi connectivity index (χ1) is 15.5. The van der Waals surface area contributed by atoms with Gasteiger partial charge >= 0.3 is 0 Å². The average Bonchev–Trinajstić information content (AvgIpc) is 3.67. The first kappa shape index (κ1) is 20.8. The molecule has 5 rings (SSSR count). The van der Waals surface area contributed by atoms with Gasteiger partial charge in [-0.05, 0) is 36.6 Å². The number of H-pyrrole nitrogens is 1. The molecule has 3 aromatic rings. The second kappa shape index (κ2) is 8.44. The van der Waals surface area contributed by atoms with Crippen molar-refractivity contribution in [3.63, 3.8) is 0 Å². The topological polar surface area (TPSA) is 89.5 Å². The van der Waals surface area contributed by atoms with E-state index in [0.717, 1.165) is 23.8 Å². The molecule has 7 nitrogen and oxygen atoms in total. The number of aliphatic hydroxyl groups excluding tert-OH is 1. The Bertz CT molecular complexity index is 1220. The fourth-order valence-corrected chi connectivity index (χ4v) is 4.37. The highest BCUT2D eigenvalue weighted by Crippen LogP contribution is 2.32. The number of carbonyl (C=O) groups excluding carboxylic acids is 1. The summed E-state index contributed by atoms with van der Waals surface area (Å²) in [4.78, 5) is 27.9. The van der Waals surface area contributed by atoms with E-state index in [9.17, 15) is 19.1 Å². The fraction of sp³-hybridized carbons (Fsp3) is 0.375. The van der Waals surface area contributed by atoms with Gasteiger partial charge in [-0.15, -0.1) is 0 Å². The third-order valence-electron chi connectivity index (χ3n) is 6.38. The van der Waals surface area contributed by atoms with E-state index in [1.807, 2.05) is 17.0 Å². The Morgan fingerprint density at radius 1 is 1.12 bits per heavy atom. The van der Waals surface area contributed by atoms with Crippen molar-refractivity contribution in [1.82, 2.24) is 20.0 Å². The van der Waals surface area contributed by atoms with Gasteiger partial charge in [0.25, 0.3) is 5.56 Å². The van der Waals surface area contributed by atoms with Crippen LogP contribution in [0.5, 0.6) is 0 Å². The van der Waals surface area contributed by atoms with E-state index in [0.29, 0.717) is 43.7 Å². The minimum Gasteiger partial charge on any atom is -0.374 e. The molecule has 2 N–H and O–H groups in total. The molecule has 1 amide bonds. The van der Waals surface area contributed by atoms with E-state index < -0.39 is 12.0 Å². The lowest BCUT2D eigenvalue weighted by atomic mass is 10.0. The number of fused-ring (bicyclic) bond motifs is 1. The molecule has 1 aliphatic carbocycles. The number of hydrogen-bond acceptors (Lipinski definition) is 5. The van der Waals surface area contributed by atoms with Crippen LogP contribution in [-0.4, -0.2) is 57.2 Å². The van der Waals surface area contributed by atoms with Gasteiger partial charge in [0.15, 0.2) is 0 Å². The molecule has 2 fully saturated rings. The van der Waals surface area contributed by atoms with Gasteiger partial charge in [-0.1, -0.05) is 24.3 Å². The molecule has 1 aromatic heterocycles. The second-order valence-electron chi connectivity index (χ2n) is 8.59. The van der Waals surface area contributed by atoms with Crippen LogP contribution in [0.15, 0.2) is 47.3 Å². The lowest BCUT2D eigenvalue weighted by molar-refractivity contribution is -0.136. The molecule has 1 atom stereocenters. The van der Waals surface area contributed by atoms with Crippen LogP contribution in [0, 0.1) is 11.7 Å². The largest absolute Gasteiger partial charge is 0.374 e. The van der Waals surface area contributed by atoms with Gasteiger partial charge < -0.3 is 10.0 Å². The molecule has 1 saturated carbocycles. The van der Waals surface area contributed by atoms with Crippen LogP contribution in [0.25, 0.3) is 10.8 Å². The van der Waals surface area contributed by atoms with E-state index in [1.54, 1.807) is 29.2 Å². The van der Waals surface area contributed by atoms with Crippen LogP contribution >= 0.6 is 0 Å². The van der Waals surface area contributed by atoms with Crippen molar-refractivity contribution < 1.29 is 14.3 Å². The molecule has 8 heteroatoms. The van der Waals surface area contributed by atoms with Crippen LogP contribution in [-0.2, 0) is 11.2 Å². The summed E-state index contributed by atoms with van der Waals surface area (Å²) >= 11 is 0. The number of nitrogens with one attached hydrogen (secondary N) is 1. The SMILES string of the molecule is O=C(C1CC1)N1CCN(C(O)c2cc(Cc3n[nH]c(=O)c4ccccc34)ccc2F)CC1. The number of benzene rings is 2. The zero-order chi connectivity index (χ0) is 22.2. The number of aromatic amines is 1. The molecule has 2 heterocycles. The Labute approximate surface area is 184 Å². The molecule has 166 valence electrons. The van der Waals surface area contributed by atoms with Crippen molar-refractivity contribution in [2.75, 3.05) is 26.2 Å². The molecule has 2 aromatic carbocycles. The smallest absolute Gasteiger partial charge is 0.272 e. The van der Waals surface area contributed by atoms with Crippen LogP contribution in [0.2, 0.25) is 0 Å². The summed E-state index contributed by atoms with van der Waals surface area (Å²) in [6, 6.07) is 11.9. The predicted molar refractivity (Wildman–Crippen MR) is 117 cm³/mol. The van der Waals surface area contributed by atoms with Gasteiger partial charge in [-0.3, -0.25) is 14.5 Å². The maximum atomic E-state index is 14.6. The Morgan fingerprint density at radius 2 is 1.84 bits per heavy atom. The maximum Gasteiger partial charge on any atom is 0.272 e. The maximum absolute atomic E-state index is 14.6. The summed E-state index contributed by atoms with van der Waals surface area (Å²) in [7, 11) is 0.